The van der Waals surface area contributed by atoms with Crippen molar-refractivity contribution in [1.82, 2.24) is 10.6 Å². The second-order valence-corrected chi connectivity index (χ2v) is 12.4. The molecule has 13 heteroatoms. The molecule has 3 aromatic carbocycles. The fourth-order valence-corrected chi connectivity index (χ4v) is 5.33. The third-order valence-corrected chi connectivity index (χ3v) is 8.04. The maximum Gasteiger partial charge on any atom is 0.406 e. The van der Waals surface area contributed by atoms with E-state index in [0.29, 0.717) is 26.4 Å². The quantitative estimate of drug-likeness (QED) is 0.243. The summed E-state index contributed by atoms with van der Waals surface area (Å²) in [5.41, 5.74) is 2.93. The zero-order valence-corrected chi connectivity index (χ0v) is 28.4. The van der Waals surface area contributed by atoms with Gasteiger partial charge in [0.25, 0.3) is 11.8 Å². The SMILES string of the molecule is COc1cc(C)c(CC(C)C)c(OC)c1.C[C@@H](Cc1ccc(Cl)c(Cl)c1)C(=O)NC1NC(=O)c2ccccc2N(CC(F)(F)F)C1=O.[2HH]. The standard InChI is InChI=1S/C21H18Cl2F3N3O3.C13H20O2.H2/c1-11(8-12-6-7-14(22)15(23)9-12)18(30)27-17-20(32)29(10-21(24,25)26)16-5-3-2-4-13(16)19(31)28-17;1-9(2)6-12-10(3)7-11(14-4)8-13(12)15-5;/h2-7,9,11,17H,8,10H2,1H3,(H,27,30)(H,28,31);7-9H,6H2,1-5H3;1H/t11-,17?;;/m0../s1/i;;1+1. The maximum atomic E-state index is 13.2. The number of para-hydroxylation sites is 1. The minimum atomic E-state index is -4.72. The highest BCUT2D eigenvalue weighted by Gasteiger charge is 2.41. The molecule has 0 fully saturated rings. The lowest BCUT2D eigenvalue weighted by Gasteiger charge is -2.27. The lowest BCUT2D eigenvalue weighted by Crippen LogP contribution is -2.58. The first kappa shape index (κ1) is 37.5. The molecule has 0 radical (unpaired) electrons. The molecule has 0 aromatic heterocycles. The Labute approximate surface area is 284 Å². The van der Waals surface area contributed by atoms with Crippen LogP contribution in [0.1, 0.15) is 49.2 Å². The van der Waals surface area contributed by atoms with E-state index in [-0.39, 0.29) is 19.1 Å². The van der Waals surface area contributed by atoms with Gasteiger partial charge in [-0.2, -0.15) is 13.2 Å². The fourth-order valence-electron chi connectivity index (χ4n) is 5.01. The number of hydrogen-bond donors (Lipinski definition) is 2. The summed E-state index contributed by atoms with van der Waals surface area (Å²) in [7, 11) is 3.38. The van der Waals surface area contributed by atoms with E-state index in [9.17, 15) is 27.6 Å². The van der Waals surface area contributed by atoms with E-state index in [1.54, 1.807) is 39.3 Å². The minimum absolute atomic E-state index is 0. The maximum absolute atomic E-state index is 13.2. The third-order valence-electron chi connectivity index (χ3n) is 7.30. The van der Waals surface area contributed by atoms with Crippen molar-refractivity contribution in [3.05, 3.63) is 86.9 Å². The van der Waals surface area contributed by atoms with Crippen LogP contribution in [0.3, 0.4) is 0 Å². The normalized spacial score (nSPS) is 15.1. The molecule has 3 aromatic rings. The largest absolute Gasteiger partial charge is 0.497 e. The molecule has 1 aliphatic heterocycles. The summed E-state index contributed by atoms with van der Waals surface area (Å²) in [6.45, 7) is 6.49. The van der Waals surface area contributed by atoms with Gasteiger partial charge in [0.2, 0.25) is 5.91 Å². The Bertz CT molecular complexity index is 1610. The summed E-state index contributed by atoms with van der Waals surface area (Å²) < 4.78 is 50.1. The number of amides is 3. The molecule has 2 atom stereocenters. The van der Waals surface area contributed by atoms with Crippen LogP contribution in [0.4, 0.5) is 18.9 Å². The van der Waals surface area contributed by atoms with Crippen molar-refractivity contribution in [3.8, 4) is 11.5 Å². The number of methoxy groups -OCH3 is 2. The van der Waals surface area contributed by atoms with E-state index in [0.717, 1.165) is 17.9 Å². The van der Waals surface area contributed by atoms with Crippen LogP contribution in [0, 0.1) is 18.8 Å². The Morgan fingerprint density at radius 2 is 1.68 bits per heavy atom. The second-order valence-electron chi connectivity index (χ2n) is 11.5. The van der Waals surface area contributed by atoms with Gasteiger partial charge >= 0.3 is 6.18 Å². The van der Waals surface area contributed by atoms with Gasteiger partial charge in [-0.15, -0.1) is 0 Å². The van der Waals surface area contributed by atoms with E-state index < -0.39 is 42.5 Å². The topological polar surface area (TPSA) is 97.0 Å². The molecular formula is C34H40Cl2F3N3O5. The first-order chi connectivity index (χ1) is 22.0. The van der Waals surface area contributed by atoms with E-state index in [2.05, 4.69) is 37.5 Å². The molecule has 4 rings (SSSR count). The van der Waals surface area contributed by atoms with Crippen molar-refractivity contribution < 1.29 is 38.5 Å². The van der Waals surface area contributed by atoms with Crippen molar-refractivity contribution >= 4 is 46.6 Å². The van der Waals surface area contributed by atoms with Crippen molar-refractivity contribution in [2.45, 2.75) is 52.9 Å². The van der Waals surface area contributed by atoms with E-state index in [1.807, 2.05) is 6.07 Å². The number of carbonyl (C=O) groups is 3. The molecule has 8 nitrogen and oxygen atoms in total. The van der Waals surface area contributed by atoms with Crippen LogP contribution in [-0.2, 0) is 22.4 Å². The number of carbonyl (C=O) groups excluding carboxylic acids is 3. The van der Waals surface area contributed by atoms with Crippen molar-refractivity contribution in [3.63, 3.8) is 0 Å². The molecule has 0 saturated heterocycles. The molecule has 0 spiro atoms. The molecule has 1 heterocycles. The molecule has 0 saturated carbocycles. The number of nitrogens with zero attached hydrogens (tertiary/aromatic N) is 1. The van der Waals surface area contributed by atoms with Gasteiger partial charge in [0.15, 0.2) is 6.17 Å². The van der Waals surface area contributed by atoms with Crippen LogP contribution in [0.25, 0.3) is 0 Å². The summed E-state index contributed by atoms with van der Waals surface area (Å²) in [5, 5.41) is 5.31. The number of halogens is 5. The van der Waals surface area contributed by atoms with Crippen molar-refractivity contribution in [2.75, 3.05) is 25.7 Å². The molecule has 1 aliphatic rings. The van der Waals surface area contributed by atoms with Crippen LogP contribution < -0.4 is 25.0 Å². The lowest BCUT2D eigenvalue weighted by molar-refractivity contribution is -0.136. The van der Waals surface area contributed by atoms with Crippen molar-refractivity contribution in [2.24, 2.45) is 11.8 Å². The minimum Gasteiger partial charge on any atom is -0.497 e. The van der Waals surface area contributed by atoms with Gasteiger partial charge in [-0.3, -0.25) is 19.3 Å². The predicted octanol–water partition coefficient (Wildman–Crippen LogP) is 7.41. The number of hydrogen-bond acceptors (Lipinski definition) is 5. The zero-order valence-electron chi connectivity index (χ0n) is 26.9. The highest BCUT2D eigenvalue weighted by molar-refractivity contribution is 6.42. The summed E-state index contributed by atoms with van der Waals surface area (Å²) in [4.78, 5) is 38.6. The Balaban J connectivity index is 0.000000421. The average molecular weight is 700 g/mol. The Hall–Kier alpha value is -3.96. The van der Waals surface area contributed by atoms with Crippen LogP contribution in [0.2, 0.25) is 10.0 Å². The number of rotatable bonds is 9. The fraction of sp³-hybridized carbons (Fsp3) is 0.382. The third kappa shape index (κ3) is 10.3. The van der Waals surface area contributed by atoms with E-state index >= 15 is 0 Å². The summed E-state index contributed by atoms with van der Waals surface area (Å²) in [6.07, 6.45) is -5.12. The molecule has 3 amide bonds. The number of ether oxygens (including phenoxy) is 2. The first-order valence-corrected chi connectivity index (χ1v) is 15.5. The van der Waals surface area contributed by atoms with Crippen LogP contribution in [-0.4, -0.2) is 50.8 Å². The molecule has 256 valence electrons. The number of anilines is 1. The number of nitrogens with one attached hydrogen (secondary N) is 2. The van der Waals surface area contributed by atoms with Crippen LogP contribution in [0.5, 0.6) is 11.5 Å². The van der Waals surface area contributed by atoms with Crippen LogP contribution >= 0.6 is 23.2 Å². The summed E-state index contributed by atoms with van der Waals surface area (Å²) in [6, 6.07) is 14.3. The number of aryl methyl sites for hydroxylation is 1. The van der Waals surface area contributed by atoms with Gasteiger partial charge in [-0.25, -0.2) is 0 Å². The molecule has 2 N–H and O–H groups in total. The van der Waals surface area contributed by atoms with Gasteiger partial charge in [-0.1, -0.05) is 62.2 Å². The van der Waals surface area contributed by atoms with Gasteiger partial charge < -0.3 is 20.1 Å². The molecule has 47 heavy (non-hydrogen) atoms. The smallest absolute Gasteiger partial charge is 0.406 e. The van der Waals surface area contributed by atoms with Gasteiger partial charge in [0, 0.05) is 13.4 Å². The van der Waals surface area contributed by atoms with Gasteiger partial charge in [0.05, 0.1) is 35.5 Å². The lowest BCUT2D eigenvalue weighted by atomic mass is 9.97. The Morgan fingerprint density at radius 3 is 2.28 bits per heavy atom. The zero-order chi connectivity index (χ0) is 35.1. The molecule has 0 aliphatic carbocycles. The summed E-state index contributed by atoms with van der Waals surface area (Å²) in [5.74, 6) is -0.772. The highest BCUT2D eigenvalue weighted by atomic mass is 35.5. The molecule has 1 unspecified atom stereocenters. The van der Waals surface area contributed by atoms with Gasteiger partial charge in [0.1, 0.15) is 18.0 Å². The van der Waals surface area contributed by atoms with Gasteiger partial charge in [-0.05, 0) is 72.7 Å². The molecule has 0 bridgehead atoms. The predicted molar refractivity (Wildman–Crippen MR) is 179 cm³/mol. The average Bonchev–Trinajstić information content (AvgIpc) is 3.09. The molecular weight excluding hydrogens is 658 g/mol. The first-order valence-electron chi connectivity index (χ1n) is 14.8. The summed E-state index contributed by atoms with van der Waals surface area (Å²) >= 11 is 11.9. The van der Waals surface area contributed by atoms with E-state index in [4.69, 9.17) is 32.7 Å². The van der Waals surface area contributed by atoms with E-state index in [1.165, 1.54) is 35.4 Å². The number of fused-ring (bicyclic) bond motifs is 1. The Kier molecular flexibility index (Phi) is 13.0. The number of benzene rings is 3. The highest BCUT2D eigenvalue weighted by Crippen LogP contribution is 2.31. The second kappa shape index (κ2) is 16.2. The van der Waals surface area contributed by atoms with Crippen molar-refractivity contribution in [1.29, 1.82) is 0 Å². The van der Waals surface area contributed by atoms with Crippen LogP contribution in [0.15, 0.2) is 54.6 Å². The monoisotopic (exact) mass is 698 g/mol. The number of alkyl halides is 3. The Morgan fingerprint density at radius 1 is 1.00 bits per heavy atom.